The fourth-order valence-corrected chi connectivity index (χ4v) is 3.10. The summed E-state index contributed by atoms with van der Waals surface area (Å²) in [4.78, 5) is 12.3. The van der Waals surface area contributed by atoms with Gasteiger partial charge in [0.15, 0.2) is 5.11 Å². The molecule has 2 aromatic carbocycles. The van der Waals surface area contributed by atoms with E-state index in [4.69, 9.17) is 17.0 Å². The van der Waals surface area contributed by atoms with Crippen molar-refractivity contribution in [2.24, 2.45) is 0 Å². The standard InChI is InChI=1S/C20H23IN2O2S/c1-3-5-12-25-17-9-6-15(7-10-17)19(24)23-20(26)22-18-11-8-16(21)13-14(18)4-2/h6-11,13H,3-5,12H2,1-2H3,(H2,22,23,24,26). The summed E-state index contributed by atoms with van der Waals surface area (Å²) in [6, 6.07) is 13.2. The molecule has 26 heavy (non-hydrogen) atoms. The Hall–Kier alpha value is -1.67. The summed E-state index contributed by atoms with van der Waals surface area (Å²) in [5, 5.41) is 6.11. The van der Waals surface area contributed by atoms with Gasteiger partial charge in [-0.2, -0.15) is 0 Å². The highest BCUT2D eigenvalue weighted by atomic mass is 127. The molecule has 0 aromatic heterocycles. The van der Waals surface area contributed by atoms with Gasteiger partial charge in [-0.15, -0.1) is 0 Å². The van der Waals surface area contributed by atoms with Crippen LogP contribution in [-0.4, -0.2) is 17.6 Å². The number of hydrogen-bond donors (Lipinski definition) is 2. The van der Waals surface area contributed by atoms with E-state index in [0.29, 0.717) is 12.2 Å². The van der Waals surface area contributed by atoms with Gasteiger partial charge in [0.05, 0.1) is 6.61 Å². The number of carbonyl (C=O) groups is 1. The lowest BCUT2D eigenvalue weighted by Crippen LogP contribution is -2.34. The predicted octanol–water partition coefficient (Wildman–Crippen LogP) is 5.16. The van der Waals surface area contributed by atoms with E-state index in [1.807, 2.05) is 12.1 Å². The van der Waals surface area contributed by atoms with Crippen molar-refractivity contribution < 1.29 is 9.53 Å². The summed E-state index contributed by atoms with van der Waals surface area (Å²) in [6.07, 6.45) is 2.99. The van der Waals surface area contributed by atoms with Crippen molar-refractivity contribution in [3.05, 3.63) is 57.2 Å². The number of benzene rings is 2. The fourth-order valence-electron chi connectivity index (χ4n) is 2.34. The summed E-state index contributed by atoms with van der Waals surface area (Å²) >= 11 is 7.56. The van der Waals surface area contributed by atoms with Gasteiger partial charge in [-0.3, -0.25) is 10.1 Å². The topological polar surface area (TPSA) is 50.4 Å². The molecule has 0 fully saturated rings. The molecule has 0 aliphatic carbocycles. The third kappa shape index (κ3) is 6.25. The van der Waals surface area contributed by atoms with Gasteiger partial charge in [0, 0.05) is 14.8 Å². The van der Waals surface area contributed by atoms with E-state index in [1.165, 1.54) is 3.57 Å². The summed E-state index contributed by atoms with van der Waals surface area (Å²) in [6.45, 7) is 4.89. The molecule has 0 atom stereocenters. The van der Waals surface area contributed by atoms with Crippen LogP contribution in [0.2, 0.25) is 0 Å². The van der Waals surface area contributed by atoms with Crippen LogP contribution >= 0.6 is 34.8 Å². The van der Waals surface area contributed by atoms with Crippen LogP contribution in [-0.2, 0) is 6.42 Å². The molecule has 6 heteroatoms. The van der Waals surface area contributed by atoms with Crippen molar-refractivity contribution in [2.45, 2.75) is 33.1 Å². The van der Waals surface area contributed by atoms with Crippen molar-refractivity contribution in [3.8, 4) is 5.75 Å². The Labute approximate surface area is 173 Å². The summed E-state index contributed by atoms with van der Waals surface area (Å²) in [5.74, 6) is 0.522. The number of unbranched alkanes of at least 4 members (excludes halogenated alkanes) is 1. The Morgan fingerprint density at radius 3 is 2.54 bits per heavy atom. The molecule has 0 saturated heterocycles. The second kappa shape index (κ2) is 10.5. The first-order valence-corrected chi connectivity index (χ1v) is 10.2. The normalized spacial score (nSPS) is 10.3. The van der Waals surface area contributed by atoms with Gasteiger partial charge in [-0.25, -0.2) is 0 Å². The van der Waals surface area contributed by atoms with Gasteiger partial charge in [0.1, 0.15) is 5.75 Å². The molecule has 2 rings (SSSR count). The first-order chi connectivity index (χ1) is 12.5. The summed E-state index contributed by atoms with van der Waals surface area (Å²) in [5.41, 5.74) is 2.61. The number of ether oxygens (including phenoxy) is 1. The maximum Gasteiger partial charge on any atom is 0.257 e. The van der Waals surface area contributed by atoms with Crippen molar-refractivity contribution in [1.29, 1.82) is 0 Å². The van der Waals surface area contributed by atoms with Gasteiger partial charge in [-0.05, 0) is 95.7 Å². The molecule has 138 valence electrons. The first kappa shape index (κ1) is 20.6. The zero-order valence-corrected chi connectivity index (χ0v) is 17.9. The van der Waals surface area contributed by atoms with Crippen LogP contribution in [0.15, 0.2) is 42.5 Å². The number of thiocarbonyl (C=S) groups is 1. The van der Waals surface area contributed by atoms with E-state index in [1.54, 1.807) is 24.3 Å². The minimum absolute atomic E-state index is 0.244. The maximum absolute atomic E-state index is 12.3. The van der Waals surface area contributed by atoms with Crippen molar-refractivity contribution >= 4 is 51.5 Å². The second-order valence-corrected chi connectivity index (χ2v) is 7.44. The number of hydrogen-bond acceptors (Lipinski definition) is 3. The van der Waals surface area contributed by atoms with Gasteiger partial charge >= 0.3 is 0 Å². The lowest BCUT2D eigenvalue weighted by Gasteiger charge is -2.13. The van der Waals surface area contributed by atoms with E-state index >= 15 is 0 Å². The zero-order valence-electron chi connectivity index (χ0n) is 15.0. The van der Waals surface area contributed by atoms with E-state index < -0.39 is 0 Å². The summed E-state index contributed by atoms with van der Waals surface area (Å²) in [7, 11) is 0. The molecule has 0 bridgehead atoms. The highest BCUT2D eigenvalue weighted by Crippen LogP contribution is 2.19. The van der Waals surface area contributed by atoms with Crippen molar-refractivity contribution in [2.75, 3.05) is 11.9 Å². The number of anilines is 1. The number of aryl methyl sites for hydroxylation is 1. The van der Waals surface area contributed by atoms with Gasteiger partial charge in [-0.1, -0.05) is 20.3 Å². The lowest BCUT2D eigenvalue weighted by molar-refractivity contribution is 0.0977. The third-order valence-corrected chi connectivity index (χ3v) is 4.68. The van der Waals surface area contributed by atoms with E-state index in [-0.39, 0.29) is 11.0 Å². The second-order valence-electron chi connectivity index (χ2n) is 5.79. The van der Waals surface area contributed by atoms with Crippen molar-refractivity contribution in [1.82, 2.24) is 5.32 Å². The van der Waals surface area contributed by atoms with Gasteiger partial charge < -0.3 is 10.1 Å². The van der Waals surface area contributed by atoms with E-state index in [0.717, 1.165) is 36.3 Å². The lowest BCUT2D eigenvalue weighted by atomic mass is 10.1. The maximum atomic E-state index is 12.3. The number of rotatable bonds is 7. The minimum atomic E-state index is -0.244. The number of carbonyl (C=O) groups excluding carboxylic acids is 1. The number of halogens is 1. The Morgan fingerprint density at radius 1 is 1.15 bits per heavy atom. The number of amides is 1. The average molecular weight is 482 g/mol. The quantitative estimate of drug-likeness (QED) is 0.325. The van der Waals surface area contributed by atoms with Crippen LogP contribution in [0.1, 0.15) is 42.6 Å². The van der Waals surface area contributed by atoms with Crippen molar-refractivity contribution in [3.63, 3.8) is 0 Å². The molecule has 0 spiro atoms. The van der Waals surface area contributed by atoms with Gasteiger partial charge in [0.25, 0.3) is 5.91 Å². The zero-order chi connectivity index (χ0) is 18.9. The highest BCUT2D eigenvalue weighted by Gasteiger charge is 2.10. The molecule has 0 unspecified atom stereocenters. The first-order valence-electron chi connectivity index (χ1n) is 8.67. The molecule has 2 N–H and O–H groups in total. The van der Waals surface area contributed by atoms with E-state index in [9.17, 15) is 4.79 Å². The fraction of sp³-hybridized carbons (Fsp3) is 0.300. The smallest absolute Gasteiger partial charge is 0.257 e. The molecule has 4 nitrogen and oxygen atoms in total. The van der Waals surface area contributed by atoms with Crippen LogP contribution in [0.3, 0.4) is 0 Å². The Morgan fingerprint density at radius 2 is 1.88 bits per heavy atom. The molecule has 0 heterocycles. The summed E-state index contributed by atoms with van der Waals surface area (Å²) < 4.78 is 6.77. The Balaban J connectivity index is 1.93. The van der Waals surface area contributed by atoms with Crippen LogP contribution in [0, 0.1) is 3.57 Å². The van der Waals surface area contributed by atoms with Crippen LogP contribution in [0.5, 0.6) is 5.75 Å². The highest BCUT2D eigenvalue weighted by molar-refractivity contribution is 14.1. The molecule has 0 aliphatic rings. The SMILES string of the molecule is CCCCOc1ccc(C(=O)NC(=S)Nc2ccc(I)cc2CC)cc1. The molecule has 0 radical (unpaired) electrons. The minimum Gasteiger partial charge on any atom is -0.494 e. The van der Waals surface area contributed by atoms with Crippen LogP contribution in [0.25, 0.3) is 0 Å². The van der Waals surface area contributed by atoms with Gasteiger partial charge in [0.2, 0.25) is 0 Å². The molecule has 0 aliphatic heterocycles. The number of nitrogens with one attached hydrogen (secondary N) is 2. The monoisotopic (exact) mass is 482 g/mol. The van der Waals surface area contributed by atoms with Crippen LogP contribution < -0.4 is 15.4 Å². The Bertz CT molecular complexity index is 763. The average Bonchev–Trinajstić information content (AvgIpc) is 2.63. The Kier molecular flexibility index (Phi) is 8.31. The molecule has 0 saturated carbocycles. The molecule has 2 aromatic rings. The molecular weight excluding hydrogens is 459 g/mol. The predicted molar refractivity (Wildman–Crippen MR) is 119 cm³/mol. The van der Waals surface area contributed by atoms with Crippen LogP contribution in [0.4, 0.5) is 5.69 Å². The molecular formula is C20H23IN2O2S. The third-order valence-electron chi connectivity index (χ3n) is 3.81. The van der Waals surface area contributed by atoms with E-state index in [2.05, 4.69) is 53.1 Å². The largest absolute Gasteiger partial charge is 0.494 e. The molecule has 1 amide bonds.